The highest BCUT2D eigenvalue weighted by atomic mass is 16.3. The van der Waals surface area contributed by atoms with Gasteiger partial charge in [0.2, 0.25) is 0 Å². The van der Waals surface area contributed by atoms with Gasteiger partial charge in [0.05, 0.1) is 13.2 Å². The van der Waals surface area contributed by atoms with Gasteiger partial charge in [0.15, 0.2) is 0 Å². The summed E-state index contributed by atoms with van der Waals surface area (Å²) in [6.45, 7) is 6.49. The number of likely N-dealkylation sites (tertiary alicyclic amines) is 1. The van der Waals surface area contributed by atoms with Crippen molar-refractivity contribution in [2.24, 2.45) is 0 Å². The van der Waals surface area contributed by atoms with Crippen LogP contribution in [0, 0.1) is 20.8 Å². The lowest BCUT2D eigenvalue weighted by molar-refractivity contribution is -0.0598. The van der Waals surface area contributed by atoms with E-state index >= 15 is 0 Å². The molecule has 4 nitrogen and oxygen atoms in total. The zero-order valence-corrected chi connectivity index (χ0v) is 12.4. The molecule has 4 heteroatoms. The molecule has 1 saturated heterocycles. The summed E-state index contributed by atoms with van der Waals surface area (Å²) in [5.41, 5.74) is 2.76. The third kappa shape index (κ3) is 2.86. The largest absolute Gasteiger partial charge is 0.393 e. The first kappa shape index (κ1) is 15.0. The molecular formula is C16H23NO3. The number of hydrogen-bond acceptors (Lipinski definition) is 3. The van der Waals surface area contributed by atoms with Crippen molar-refractivity contribution < 1.29 is 15.0 Å². The summed E-state index contributed by atoms with van der Waals surface area (Å²) in [5.74, 6) is -0.0582. The van der Waals surface area contributed by atoms with Crippen LogP contribution in [-0.2, 0) is 0 Å². The average Bonchev–Trinajstić information content (AvgIpc) is 2.42. The number of carbonyl (C=O) groups is 1. The molecule has 1 atom stereocenters. The Morgan fingerprint density at radius 3 is 2.55 bits per heavy atom. The van der Waals surface area contributed by atoms with Gasteiger partial charge in [-0.25, -0.2) is 0 Å². The van der Waals surface area contributed by atoms with E-state index in [9.17, 15) is 15.0 Å². The molecule has 1 aliphatic heterocycles. The summed E-state index contributed by atoms with van der Waals surface area (Å²) < 4.78 is 0. The summed E-state index contributed by atoms with van der Waals surface area (Å²) in [5, 5.41) is 19.4. The van der Waals surface area contributed by atoms with Crippen LogP contribution in [0.3, 0.4) is 0 Å². The number of aliphatic hydroxyl groups is 2. The SMILES string of the molecule is Cc1cc(C)c(C(=O)N2CCC[C@@](O)(CO)C2)cc1C. The first-order valence-corrected chi connectivity index (χ1v) is 7.07. The fraction of sp³-hybridized carbons (Fsp3) is 0.562. The van der Waals surface area contributed by atoms with Crippen LogP contribution in [-0.4, -0.2) is 46.3 Å². The third-order valence-electron chi connectivity index (χ3n) is 4.21. The summed E-state index contributed by atoms with van der Waals surface area (Å²) in [7, 11) is 0. The van der Waals surface area contributed by atoms with Crippen molar-refractivity contribution in [1.29, 1.82) is 0 Å². The van der Waals surface area contributed by atoms with Gasteiger partial charge in [-0.1, -0.05) is 6.07 Å². The molecule has 1 amide bonds. The van der Waals surface area contributed by atoms with E-state index in [-0.39, 0.29) is 19.1 Å². The number of rotatable bonds is 2. The molecule has 1 aromatic rings. The third-order valence-corrected chi connectivity index (χ3v) is 4.21. The molecule has 2 rings (SSSR count). The van der Waals surface area contributed by atoms with Crippen molar-refractivity contribution in [3.8, 4) is 0 Å². The Bertz CT molecular complexity index is 527. The molecule has 2 N–H and O–H groups in total. The molecule has 1 heterocycles. The van der Waals surface area contributed by atoms with Crippen LogP contribution in [0.4, 0.5) is 0 Å². The summed E-state index contributed by atoms with van der Waals surface area (Å²) in [4.78, 5) is 14.3. The maximum atomic E-state index is 12.6. The normalized spacial score (nSPS) is 22.9. The Kier molecular flexibility index (Phi) is 4.16. The predicted molar refractivity (Wildman–Crippen MR) is 77.8 cm³/mol. The van der Waals surface area contributed by atoms with Crippen molar-refractivity contribution in [2.75, 3.05) is 19.7 Å². The Balaban J connectivity index is 2.25. The van der Waals surface area contributed by atoms with Gasteiger partial charge in [0.1, 0.15) is 5.60 Å². The van der Waals surface area contributed by atoms with Crippen LogP contribution in [0.25, 0.3) is 0 Å². The fourth-order valence-electron chi connectivity index (χ4n) is 2.78. The minimum atomic E-state index is -1.15. The van der Waals surface area contributed by atoms with Crippen molar-refractivity contribution in [3.63, 3.8) is 0 Å². The predicted octanol–water partition coefficient (Wildman–Crippen LogP) is 1.57. The van der Waals surface area contributed by atoms with E-state index in [2.05, 4.69) is 0 Å². The molecule has 0 aromatic heterocycles. The zero-order valence-electron chi connectivity index (χ0n) is 12.4. The first-order chi connectivity index (χ1) is 9.36. The van der Waals surface area contributed by atoms with E-state index in [1.807, 2.05) is 32.9 Å². The molecule has 1 aliphatic rings. The van der Waals surface area contributed by atoms with E-state index in [0.717, 1.165) is 11.1 Å². The maximum Gasteiger partial charge on any atom is 0.254 e. The van der Waals surface area contributed by atoms with Gasteiger partial charge in [-0.15, -0.1) is 0 Å². The smallest absolute Gasteiger partial charge is 0.254 e. The maximum absolute atomic E-state index is 12.6. The molecule has 0 bridgehead atoms. The van der Waals surface area contributed by atoms with Gasteiger partial charge in [0.25, 0.3) is 5.91 Å². The molecule has 110 valence electrons. The minimum Gasteiger partial charge on any atom is -0.393 e. The number of benzene rings is 1. The molecule has 1 fully saturated rings. The Morgan fingerprint density at radius 2 is 1.90 bits per heavy atom. The van der Waals surface area contributed by atoms with Gasteiger partial charge in [-0.2, -0.15) is 0 Å². The average molecular weight is 277 g/mol. The number of hydrogen-bond donors (Lipinski definition) is 2. The monoisotopic (exact) mass is 277 g/mol. The second kappa shape index (κ2) is 5.54. The molecule has 0 aliphatic carbocycles. The molecule has 0 spiro atoms. The van der Waals surface area contributed by atoms with Crippen LogP contribution in [0.15, 0.2) is 12.1 Å². The topological polar surface area (TPSA) is 60.8 Å². The van der Waals surface area contributed by atoms with Crippen LogP contribution in [0.2, 0.25) is 0 Å². The fourth-order valence-corrected chi connectivity index (χ4v) is 2.78. The van der Waals surface area contributed by atoms with Gasteiger partial charge >= 0.3 is 0 Å². The minimum absolute atomic E-state index is 0.0582. The zero-order chi connectivity index (χ0) is 14.9. The Hall–Kier alpha value is -1.39. The highest BCUT2D eigenvalue weighted by Gasteiger charge is 2.35. The van der Waals surface area contributed by atoms with Crippen molar-refractivity contribution >= 4 is 5.91 Å². The number of amides is 1. The number of β-amino-alcohol motifs (C(OH)–C–C–N with tert-alkyl or cyclic N) is 1. The standard InChI is InChI=1S/C16H23NO3/c1-11-7-13(3)14(8-12(11)2)15(19)17-6-4-5-16(20,9-17)10-18/h7-8,18,20H,4-6,9-10H2,1-3H3/t16-/m0/s1. The van der Waals surface area contributed by atoms with E-state index in [0.29, 0.717) is 24.9 Å². The lowest BCUT2D eigenvalue weighted by Gasteiger charge is -2.38. The number of carbonyl (C=O) groups excluding carboxylic acids is 1. The molecular weight excluding hydrogens is 254 g/mol. The molecule has 0 radical (unpaired) electrons. The van der Waals surface area contributed by atoms with Gasteiger partial charge in [-0.3, -0.25) is 4.79 Å². The van der Waals surface area contributed by atoms with Crippen LogP contribution in [0.5, 0.6) is 0 Å². The van der Waals surface area contributed by atoms with Crippen LogP contribution < -0.4 is 0 Å². The molecule has 0 unspecified atom stereocenters. The quantitative estimate of drug-likeness (QED) is 0.862. The number of piperidine rings is 1. The first-order valence-electron chi connectivity index (χ1n) is 7.07. The van der Waals surface area contributed by atoms with Gasteiger partial charge < -0.3 is 15.1 Å². The van der Waals surface area contributed by atoms with E-state index in [4.69, 9.17) is 0 Å². The van der Waals surface area contributed by atoms with Gasteiger partial charge in [0, 0.05) is 12.1 Å². The summed E-state index contributed by atoms with van der Waals surface area (Å²) >= 11 is 0. The number of aliphatic hydroxyl groups excluding tert-OH is 1. The van der Waals surface area contributed by atoms with Crippen molar-refractivity contribution in [1.82, 2.24) is 4.90 Å². The number of nitrogens with zero attached hydrogens (tertiary/aromatic N) is 1. The highest BCUT2D eigenvalue weighted by Crippen LogP contribution is 2.24. The van der Waals surface area contributed by atoms with E-state index in [1.165, 1.54) is 5.56 Å². The van der Waals surface area contributed by atoms with E-state index in [1.54, 1.807) is 4.90 Å². The molecule has 20 heavy (non-hydrogen) atoms. The number of aryl methyl sites for hydroxylation is 3. The lowest BCUT2D eigenvalue weighted by atomic mass is 9.92. The Labute approximate surface area is 120 Å². The van der Waals surface area contributed by atoms with Gasteiger partial charge in [-0.05, 0) is 56.4 Å². The summed E-state index contributed by atoms with van der Waals surface area (Å²) in [6.07, 6.45) is 1.26. The second-order valence-electron chi connectivity index (χ2n) is 5.96. The molecule has 1 aromatic carbocycles. The van der Waals surface area contributed by atoms with Crippen LogP contribution in [0.1, 0.15) is 39.9 Å². The van der Waals surface area contributed by atoms with E-state index < -0.39 is 5.60 Å². The Morgan fingerprint density at radius 1 is 1.25 bits per heavy atom. The van der Waals surface area contributed by atoms with Crippen LogP contribution >= 0.6 is 0 Å². The lowest BCUT2D eigenvalue weighted by Crippen LogP contribution is -2.52. The molecule has 0 saturated carbocycles. The highest BCUT2D eigenvalue weighted by molar-refractivity contribution is 5.96. The van der Waals surface area contributed by atoms with Crippen molar-refractivity contribution in [2.45, 2.75) is 39.2 Å². The summed E-state index contributed by atoms with van der Waals surface area (Å²) in [6, 6.07) is 3.93. The van der Waals surface area contributed by atoms with Crippen molar-refractivity contribution in [3.05, 3.63) is 34.4 Å². The second-order valence-corrected chi connectivity index (χ2v) is 5.96.